The molecule has 0 aromatic heterocycles. The molecule has 0 spiro atoms. The summed E-state index contributed by atoms with van der Waals surface area (Å²) in [6.07, 6.45) is 4.30. The van der Waals surface area contributed by atoms with Crippen molar-refractivity contribution < 1.29 is 19.1 Å². The highest BCUT2D eigenvalue weighted by Gasteiger charge is 2.37. The standard InChI is InChI=1S/C13H19NO4/c1-4-18-12(17)13(3,10(2)15)7-9-14-8-5-6-11(14)16/h7,9H,4-6,8H2,1-3H3/b9-7+. The third-order valence-electron chi connectivity index (χ3n) is 3.13. The number of Topliss-reactive ketones (excluding diaryl/α,β-unsaturated/α-hetero) is 1. The summed E-state index contributed by atoms with van der Waals surface area (Å²) in [6.45, 7) is 5.38. The van der Waals surface area contributed by atoms with E-state index in [1.54, 1.807) is 6.92 Å². The van der Waals surface area contributed by atoms with Crippen LogP contribution < -0.4 is 0 Å². The molecule has 1 heterocycles. The Morgan fingerprint density at radius 3 is 2.61 bits per heavy atom. The topological polar surface area (TPSA) is 63.7 Å². The zero-order chi connectivity index (χ0) is 13.8. The molecule has 0 N–H and O–H groups in total. The van der Waals surface area contributed by atoms with Gasteiger partial charge in [-0.25, -0.2) is 0 Å². The number of likely N-dealkylation sites (tertiary alicyclic amines) is 1. The van der Waals surface area contributed by atoms with Gasteiger partial charge in [-0.3, -0.25) is 14.4 Å². The molecule has 5 nitrogen and oxygen atoms in total. The molecule has 1 saturated heterocycles. The van der Waals surface area contributed by atoms with Crippen LogP contribution in [0.25, 0.3) is 0 Å². The van der Waals surface area contributed by atoms with Crippen LogP contribution in [0.3, 0.4) is 0 Å². The van der Waals surface area contributed by atoms with Crippen molar-refractivity contribution in [3.63, 3.8) is 0 Å². The Labute approximate surface area is 107 Å². The van der Waals surface area contributed by atoms with Gasteiger partial charge in [-0.05, 0) is 33.3 Å². The molecule has 0 bridgehead atoms. The third kappa shape index (κ3) is 2.97. The van der Waals surface area contributed by atoms with E-state index in [1.165, 1.54) is 31.0 Å². The van der Waals surface area contributed by atoms with Gasteiger partial charge in [-0.1, -0.05) is 0 Å². The summed E-state index contributed by atoms with van der Waals surface area (Å²) in [4.78, 5) is 36.4. The number of carbonyl (C=O) groups excluding carboxylic acids is 3. The highest BCUT2D eigenvalue weighted by molar-refractivity contribution is 6.04. The quantitative estimate of drug-likeness (QED) is 0.547. The van der Waals surface area contributed by atoms with Crippen LogP contribution in [0.2, 0.25) is 0 Å². The first-order valence-corrected chi connectivity index (χ1v) is 6.09. The first kappa shape index (κ1) is 14.4. The number of ether oxygens (including phenoxy) is 1. The lowest BCUT2D eigenvalue weighted by Gasteiger charge is -2.21. The van der Waals surface area contributed by atoms with Crippen LogP contribution in [0.15, 0.2) is 12.3 Å². The second-order valence-corrected chi connectivity index (χ2v) is 4.49. The van der Waals surface area contributed by atoms with Crippen molar-refractivity contribution in [1.82, 2.24) is 4.90 Å². The number of hydrogen-bond acceptors (Lipinski definition) is 4. The number of nitrogens with zero attached hydrogens (tertiary/aromatic N) is 1. The van der Waals surface area contributed by atoms with E-state index >= 15 is 0 Å². The van der Waals surface area contributed by atoms with Crippen molar-refractivity contribution in [2.24, 2.45) is 5.41 Å². The Morgan fingerprint density at radius 1 is 1.50 bits per heavy atom. The van der Waals surface area contributed by atoms with Crippen molar-refractivity contribution >= 4 is 17.7 Å². The second-order valence-electron chi connectivity index (χ2n) is 4.49. The van der Waals surface area contributed by atoms with Crippen LogP contribution in [0.5, 0.6) is 0 Å². The highest BCUT2D eigenvalue weighted by atomic mass is 16.5. The highest BCUT2D eigenvalue weighted by Crippen LogP contribution is 2.23. The van der Waals surface area contributed by atoms with Gasteiger partial charge < -0.3 is 9.64 Å². The van der Waals surface area contributed by atoms with Crippen molar-refractivity contribution in [1.29, 1.82) is 0 Å². The Bertz CT molecular complexity index is 388. The lowest BCUT2D eigenvalue weighted by Crippen LogP contribution is -2.35. The molecule has 1 aliphatic heterocycles. The minimum atomic E-state index is -1.32. The Balaban J connectivity index is 2.85. The number of carbonyl (C=O) groups is 3. The molecular formula is C13H19NO4. The molecule has 5 heteroatoms. The van der Waals surface area contributed by atoms with Gasteiger partial charge in [-0.2, -0.15) is 0 Å². The van der Waals surface area contributed by atoms with Crippen LogP contribution in [0.1, 0.15) is 33.6 Å². The van der Waals surface area contributed by atoms with Crippen molar-refractivity contribution in [3.8, 4) is 0 Å². The van der Waals surface area contributed by atoms with Gasteiger partial charge in [0.2, 0.25) is 5.91 Å². The van der Waals surface area contributed by atoms with Gasteiger partial charge >= 0.3 is 5.97 Å². The molecule has 1 unspecified atom stereocenters. The fraction of sp³-hybridized carbons (Fsp3) is 0.615. The van der Waals surface area contributed by atoms with Crippen LogP contribution in [-0.2, 0) is 19.1 Å². The van der Waals surface area contributed by atoms with Crippen molar-refractivity contribution in [2.75, 3.05) is 13.2 Å². The maximum atomic E-state index is 11.8. The van der Waals surface area contributed by atoms with E-state index in [1.807, 2.05) is 0 Å². The monoisotopic (exact) mass is 253 g/mol. The normalized spacial score (nSPS) is 19.1. The first-order valence-electron chi connectivity index (χ1n) is 6.09. The number of esters is 1. The fourth-order valence-electron chi connectivity index (χ4n) is 1.68. The van der Waals surface area contributed by atoms with Gasteiger partial charge in [0, 0.05) is 19.2 Å². The Morgan fingerprint density at radius 2 is 2.17 bits per heavy atom. The Hall–Kier alpha value is -1.65. The molecule has 100 valence electrons. The van der Waals surface area contributed by atoms with Gasteiger partial charge in [0.25, 0.3) is 0 Å². The summed E-state index contributed by atoms with van der Waals surface area (Å²) in [5, 5.41) is 0. The summed E-state index contributed by atoms with van der Waals surface area (Å²) in [6, 6.07) is 0. The average Bonchev–Trinajstić information content (AvgIpc) is 2.71. The van der Waals surface area contributed by atoms with Crippen LogP contribution in [0, 0.1) is 5.41 Å². The summed E-state index contributed by atoms with van der Waals surface area (Å²) >= 11 is 0. The fourth-order valence-corrected chi connectivity index (χ4v) is 1.68. The number of hydrogen-bond donors (Lipinski definition) is 0. The minimum Gasteiger partial charge on any atom is -0.465 e. The predicted octanol–water partition coefficient (Wildman–Crippen LogP) is 1.28. The van der Waals surface area contributed by atoms with E-state index in [-0.39, 0.29) is 18.3 Å². The molecule has 0 aromatic rings. The van der Waals surface area contributed by atoms with E-state index < -0.39 is 11.4 Å². The van der Waals surface area contributed by atoms with Crippen LogP contribution >= 0.6 is 0 Å². The molecule has 1 amide bonds. The Kier molecular flexibility index (Phi) is 4.64. The summed E-state index contributed by atoms with van der Waals surface area (Å²) in [7, 11) is 0. The van der Waals surface area contributed by atoms with E-state index in [9.17, 15) is 14.4 Å². The van der Waals surface area contributed by atoms with Crippen LogP contribution in [-0.4, -0.2) is 35.7 Å². The first-order chi connectivity index (χ1) is 8.41. The maximum absolute atomic E-state index is 11.8. The van der Waals surface area contributed by atoms with Gasteiger partial charge in [0.15, 0.2) is 5.78 Å². The molecular weight excluding hydrogens is 234 g/mol. The van der Waals surface area contributed by atoms with Crippen molar-refractivity contribution in [3.05, 3.63) is 12.3 Å². The smallest absolute Gasteiger partial charge is 0.323 e. The summed E-state index contributed by atoms with van der Waals surface area (Å²) in [5.74, 6) is -0.870. The van der Waals surface area contributed by atoms with E-state index in [0.29, 0.717) is 13.0 Å². The predicted molar refractivity (Wildman–Crippen MR) is 65.5 cm³/mol. The number of amides is 1. The molecule has 1 aliphatic rings. The molecule has 1 atom stereocenters. The van der Waals surface area contributed by atoms with E-state index in [2.05, 4.69) is 0 Å². The lowest BCUT2D eigenvalue weighted by atomic mass is 9.86. The van der Waals surface area contributed by atoms with Gasteiger partial charge in [0.1, 0.15) is 5.41 Å². The molecule has 1 fully saturated rings. The summed E-state index contributed by atoms with van der Waals surface area (Å²) < 4.78 is 4.90. The zero-order valence-corrected chi connectivity index (χ0v) is 11.1. The number of ketones is 1. The largest absolute Gasteiger partial charge is 0.465 e. The van der Waals surface area contributed by atoms with Crippen molar-refractivity contribution in [2.45, 2.75) is 33.6 Å². The maximum Gasteiger partial charge on any atom is 0.323 e. The molecule has 0 radical (unpaired) electrons. The van der Waals surface area contributed by atoms with Gasteiger partial charge in [0.05, 0.1) is 6.61 Å². The summed E-state index contributed by atoms with van der Waals surface area (Å²) in [5.41, 5.74) is -1.32. The zero-order valence-electron chi connectivity index (χ0n) is 11.1. The van der Waals surface area contributed by atoms with Crippen LogP contribution in [0.4, 0.5) is 0 Å². The van der Waals surface area contributed by atoms with E-state index in [0.717, 1.165) is 6.42 Å². The SMILES string of the molecule is CCOC(=O)C(C)(/C=C/N1CCCC1=O)C(C)=O. The molecule has 18 heavy (non-hydrogen) atoms. The number of rotatable bonds is 5. The third-order valence-corrected chi connectivity index (χ3v) is 3.13. The average molecular weight is 253 g/mol. The van der Waals surface area contributed by atoms with Gasteiger partial charge in [-0.15, -0.1) is 0 Å². The van der Waals surface area contributed by atoms with E-state index in [4.69, 9.17) is 4.74 Å². The molecule has 0 saturated carbocycles. The molecule has 1 rings (SSSR count). The second kappa shape index (κ2) is 5.80. The minimum absolute atomic E-state index is 0.0148. The lowest BCUT2D eigenvalue weighted by molar-refractivity contribution is -0.155. The molecule has 0 aliphatic carbocycles. The molecule has 0 aromatic carbocycles.